The van der Waals surface area contributed by atoms with Crippen molar-refractivity contribution in [3.05, 3.63) is 0 Å². The smallest absolute Gasteiger partial charge is 0.279 e. The molecule has 0 bridgehead atoms. The van der Waals surface area contributed by atoms with Gasteiger partial charge in [-0.15, -0.1) is 0 Å². The Kier molecular flexibility index (Phi) is 2.83. The molecule has 42 valence electrons. The van der Waals surface area contributed by atoms with Crippen molar-refractivity contribution < 1.29 is 4.79 Å². The average Bonchev–Trinajstić information content (AvgIpc) is 1.86. The van der Waals surface area contributed by atoms with E-state index in [1.807, 2.05) is 0 Å². The number of carbonyl (C=O) groups is 1. The predicted octanol–water partition coefficient (Wildman–Crippen LogP) is 1.08. The van der Waals surface area contributed by atoms with E-state index in [1.165, 1.54) is 11.8 Å². The van der Waals surface area contributed by atoms with E-state index in [0.717, 1.165) is 12.3 Å². The molecule has 1 amide bonds. The normalized spacial score (nSPS) is 18.0. The number of thioether (sulfide) groups is 1. The highest BCUT2D eigenvalue weighted by Gasteiger charge is 2.06. The lowest BCUT2D eigenvalue weighted by Crippen LogP contribution is -2.10. The molecule has 1 saturated heterocycles. The highest BCUT2D eigenvalue weighted by molar-refractivity contribution is 8.13. The minimum absolute atomic E-state index is 0. The lowest BCUT2D eigenvalue weighted by molar-refractivity contribution is 0.262. The van der Waals surface area contributed by atoms with Gasteiger partial charge in [0.1, 0.15) is 0 Å². The maximum absolute atomic E-state index is 10.1. The van der Waals surface area contributed by atoms with Gasteiger partial charge >= 0.3 is 0 Å². The fraction of sp³-hybridized carbons (Fsp3) is 0.750. The third-order valence-corrected chi connectivity index (χ3v) is 1.42. The van der Waals surface area contributed by atoms with E-state index in [0.29, 0.717) is 0 Å². The van der Waals surface area contributed by atoms with E-state index in [2.05, 4.69) is 5.32 Å². The number of amides is 1. The van der Waals surface area contributed by atoms with E-state index >= 15 is 0 Å². The molecule has 0 saturated carbocycles. The van der Waals surface area contributed by atoms with Crippen LogP contribution in [0.4, 0.5) is 4.79 Å². The van der Waals surface area contributed by atoms with Crippen molar-refractivity contribution in [3.63, 3.8) is 0 Å². The van der Waals surface area contributed by atoms with Crippen LogP contribution in [0.2, 0.25) is 0 Å². The Bertz CT molecular complexity index is 66.1. The van der Waals surface area contributed by atoms with Crippen LogP contribution in [0, 0.1) is 0 Å². The number of hydrogen-bond donors (Lipinski definition) is 1. The summed E-state index contributed by atoms with van der Waals surface area (Å²) in [6.45, 7) is 0.851. The van der Waals surface area contributed by atoms with Crippen LogP contribution in [-0.2, 0) is 0 Å². The van der Waals surface area contributed by atoms with E-state index in [-0.39, 0.29) is 12.7 Å². The lowest BCUT2D eigenvalue weighted by atomic mass is 10.8. The molecule has 7 heavy (non-hydrogen) atoms. The maximum Gasteiger partial charge on any atom is 0.279 e. The molecule has 0 atom stereocenters. The molecule has 2 nitrogen and oxygen atoms in total. The molecule has 1 aliphatic heterocycles. The summed E-state index contributed by atoms with van der Waals surface area (Å²) in [6, 6.07) is 0. The molecule has 0 aliphatic carbocycles. The SMILES string of the molecule is C.O=C1NCCS1. The molecule has 0 unspecified atom stereocenters. The van der Waals surface area contributed by atoms with Crippen molar-refractivity contribution in [2.75, 3.05) is 12.3 Å². The standard InChI is InChI=1S/C3H5NOS.CH4/c5-3-4-1-2-6-3;/h1-2H2,(H,4,5);1H4. The Morgan fingerprint density at radius 3 is 2.57 bits per heavy atom. The molecular formula is C4H9NOS. The van der Waals surface area contributed by atoms with Crippen molar-refractivity contribution in [1.29, 1.82) is 0 Å². The summed E-state index contributed by atoms with van der Waals surface area (Å²) in [4.78, 5) is 10.1. The van der Waals surface area contributed by atoms with Gasteiger partial charge in [-0.3, -0.25) is 4.79 Å². The largest absolute Gasteiger partial charge is 0.346 e. The van der Waals surface area contributed by atoms with E-state index in [1.54, 1.807) is 0 Å². The van der Waals surface area contributed by atoms with Crippen LogP contribution in [0.1, 0.15) is 7.43 Å². The first-order valence-corrected chi connectivity index (χ1v) is 2.79. The quantitative estimate of drug-likeness (QED) is 0.517. The third-order valence-electron chi connectivity index (χ3n) is 0.605. The van der Waals surface area contributed by atoms with Crippen LogP contribution in [-0.4, -0.2) is 17.5 Å². The summed E-state index contributed by atoms with van der Waals surface area (Å²) < 4.78 is 0. The van der Waals surface area contributed by atoms with E-state index < -0.39 is 0 Å². The van der Waals surface area contributed by atoms with E-state index in [4.69, 9.17) is 0 Å². The molecule has 1 heterocycles. The number of nitrogens with one attached hydrogen (secondary N) is 1. The van der Waals surface area contributed by atoms with Gasteiger partial charge < -0.3 is 5.32 Å². The van der Waals surface area contributed by atoms with Crippen molar-refractivity contribution in [2.45, 2.75) is 7.43 Å². The first-order chi connectivity index (χ1) is 2.89. The summed E-state index contributed by atoms with van der Waals surface area (Å²) in [5, 5.41) is 2.76. The topological polar surface area (TPSA) is 29.1 Å². The lowest BCUT2D eigenvalue weighted by Gasteiger charge is -1.78. The molecule has 1 N–H and O–H groups in total. The zero-order chi connectivity index (χ0) is 4.41. The van der Waals surface area contributed by atoms with Crippen LogP contribution < -0.4 is 5.32 Å². The first-order valence-electron chi connectivity index (χ1n) is 1.80. The second-order valence-corrected chi connectivity index (χ2v) is 2.13. The zero-order valence-corrected chi connectivity index (χ0v) is 4.05. The van der Waals surface area contributed by atoms with Crippen LogP contribution in [0.15, 0.2) is 0 Å². The van der Waals surface area contributed by atoms with Gasteiger partial charge in [0.25, 0.3) is 5.24 Å². The van der Waals surface area contributed by atoms with Gasteiger partial charge in [0.05, 0.1) is 0 Å². The average molecular weight is 119 g/mol. The summed E-state index contributed by atoms with van der Waals surface area (Å²) in [5.74, 6) is 0.943. The van der Waals surface area contributed by atoms with Crippen molar-refractivity contribution in [1.82, 2.24) is 5.32 Å². The van der Waals surface area contributed by atoms with Gasteiger partial charge in [0.2, 0.25) is 0 Å². The van der Waals surface area contributed by atoms with Gasteiger partial charge in [-0.2, -0.15) is 0 Å². The molecule has 0 aromatic carbocycles. The van der Waals surface area contributed by atoms with Gasteiger partial charge in [-0.05, 0) is 0 Å². The third kappa shape index (κ3) is 1.83. The van der Waals surface area contributed by atoms with Crippen molar-refractivity contribution in [3.8, 4) is 0 Å². The zero-order valence-electron chi connectivity index (χ0n) is 3.23. The second kappa shape index (κ2) is 2.91. The Morgan fingerprint density at radius 1 is 1.71 bits per heavy atom. The summed E-state index contributed by atoms with van der Waals surface area (Å²) in [6.07, 6.45) is 0. The molecule has 0 aromatic rings. The minimum Gasteiger partial charge on any atom is -0.346 e. The molecular weight excluding hydrogens is 110 g/mol. The number of rotatable bonds is 0. The maximum atomic E-state index is 10.1. The molecule has 0 spiro atoms. The Labute approximate surface area is 47.7 Å². The van der Waals surface area contributed by atoms with Gasteiger partial charge in [-0.25, -0.2) is 0 Å². The first kappa shape index (κ1) is 6.82. The monoisotopic (exact) mass is 119 g/mol. The Morgan fingerprint density at radius 2 is 2.43 bits per heavy atom. The summed E-state index contributed by atoms with van der Waals surface area (Å²) in [5.41, 5.74) is 0. The van der Waals surface area contributed by atoms with Gasteiger partial charge in [0.15, 0.2) is 0 Å². The molecule has 1 fully saturated rings. The molecule has 0 aromatic heterocycles. The summed E-state index contributed by atoms with van der Waals surface area (Å²) >= 11 is 1.35. The van der Waals surface area contributed by atoms with Crippen molar-refractivity contribution >= 4 is 17.0 Å². The van der Waals surface area contributed by atoms with Crippen LogP contribution in [0.5, 0.6) is 0 Å². The second-order valence-electron chi connectivity index (χ2n) is 1.06. The molecule has 0 radical (unpaired) electrons. The fourth-order valence-electron chi connectivity index (χ4n) is 0.348. The molecule has 1 rings (SSSR count). The Hall–Kier alpha value is -0.180. The number of hydrogen-bond acceptors (Lipinski definition) is 2. The van der Waals surface area contributed by atoms with Crippen LogP contribution in [0.25, 0.3) is 0 Å². The van der Waals surface area contributed by atoms with Crippen molar-refractivity contribution in [2.24, 2.45) is 0 Å². The molecule has 3 heteroatoms. The summed E-state index contributed by atoms with van der Waals surface area (Å²) in [7, 11) is 0. The van der Waals surface area contributed by atoms with Gasteiger partial charge in [0, 0.05) is 12.3 Å². The highest BCUT2D eigenvalue weighted by atomic mass is 32.2. The fourth-order valence-corrected chi connectivity index (χ4v) is 0.941. The van der Waals surface area contributed by atoms with Gasteiger partial charge in [-0.1, -0.05) is 19.2 Å². The molecule has 1 aliphatic rings. The van der Waals surface area contributed by atoms with Crippen LogP contribution in [0.3, 0.4) is 0 Å². The highest BCUT2D eigenvalue weighted by Crippen LogP contribution is 2.04. The predicted molar refractivity (Wildman–Crippen MR) is 32.6 cm³/mol. The van der Waals surface area contributed by atoms with E-state index in [9.17, 15) is 4.79 Å². The number of carbonyl (C=O) groups excluding carboxylic acids is 1. The van der Waals surface area contributed by atoms with Crippen LogP contribution >= 0.6 is 11.8 Å². The minimum atomic E-state index is 0. The Balaban J connectivity index is 0.000000360.